The lowest BCUT2D eigenvalue weighted by Gasteiger charge is -2.04. The van der Waals surface area contributed by atoms with E-state index in [1.54, 1.807) is 6.07 Å². The number of carboxylic acid groups (broad SMARTS) is 1. The van der Waals surface area contributed by atoms with Gasteiger partial charge in [-0.1, -0.05) is 0 Å². The Kier molecular flexibility index (Phi) is 2.91. The summed E-state index contributed by atoms with van der Waals surface area (Å²) in [6.07, 6.45) is 3.59. The third-order valence-electron chi connectivity index (χ3n) is 2.26. The molecule has 9 heteroatoms. The molecule has 0 bridgehead atoms. The van der Waals surface area contributed by atoms with Crippen LogP contribution in [0.3, 0.4) is 0 Å². The van der Waals surface area contributed by atoms with Crippen molar-refractivity contribution in [3.8, 4) is 11.9 Å². The Hall–Kier alpha value is -3.28. The maximum absolute atomic E-state index is 10.9. The molecular weight excluding hydrogens is 254 g/mol. The zero-order valence-electron chi connectivity index (χ0n) is 9.22. The molecule has 0 aliphatic heterocycles. The maximum Gasteiger partial charge on any atom is 0.337 e. The van der Waals surface area contributed by atoms with Crippen molar-refractivity contribution in [3.05, 3.63) is 46.2 Å². The highest BCUT2D eigenvalue weighted by molar-refractivity contribution is 5.88. The van der Waals surface area contributed by atoms with Gasteiger partial charge in [-0.2, -0.15) is 5.26 Å². The van der Waals surface area contributed by atoms with Crippen molar-refractivity contribution in [1.29, 1.82) is 5.26 Å². The molecule has 9 nitrogen and oxygen atoms in total. The number of imidazole rings is 1. The standard InChI is InChI=1S/C10H5N5O4/c11-4-8-12-1-2-14(8)9-7(15(18)19)3-6(5-13-9)10(16)17/h1-3,5H,(H,16,17). The molecule has 94 valence electrons. The fraction of sp³-hybridized carbons (Fsp3) is 0. The van der Waals surface area contributed by atoms with Crippen LogP contribution in [0.5, 0.6) is 0 Å². The summed E-state index contributed by atoms with van der Waals surface area (Å²) in [5.41, 5.74) is -0.830. The Bertz CT molecular complexity index is 715. The molecule has 0 saturated heterocycles. The molecule has 2 aromatic rings. The number of carboxylic acids is 1. The Morgan fingerprint density at radius 3 is 2.84 bits per heavy atom. The highest BCUT2D eigenvalue weighted by Gasteiger charge is 2.21. The SMILES string of the molecule is N#Cc1nccn1-c1ncc(C(=O)O)cc1[N+](=O)[O-]. The molecule has 2 aromatic heterocycles. The van der Waals surface area contributed by atoms with E-state index in [2.05, 4.69) is 9.97 Å². The van der Waals surface area contributed by atoms with Gasteiger partial charge in [-0.05, 0) is 0 Å². The quantitative estimate of drug-likeness (QED) is 0.634. The molecular formula is C10H5N5O4. The first-order valence-corrected chi connectivity index (χ1v) is 4.86. The Morgan fingerprint density at radius 1 is 1.53 bits per heavy atom. The average molecular weight is 259 g/mol. The molecule has 0 amide bonds. The minimum atomic E-state index is -1.33. The van der Waals surface area contributed by atoms with E-state index in [0.717, 1.165) is 16.8 Å². The molecule has 2 heterocycles. The lowest BCUT2D eigenvalue weighted by Crippen LogP contribution is -2.07. The molecule has 0 aliphatic rings. The van der Waals surface area contributed by atoms with E-state index in [1.165, 1.54) is 12.4 Å². The van der Waals surface area contributed by atoms with Crippen LogP contribution in [0.4, 0.5) is 5.69 Å². The van der Waals surface area contributed by atoms with Crippen molar-refractivity contribution in [2.45, 2.75) is 0 Å². The van der Waals surface area contributed by atoms with Gasteiger partial charge in [0.1, 0.15) is 6.07 Å². The summed E-state index contributed by atoms with van der Waals surface area (Å²) in [4.78, 5) is 28.4. The number of hydrogen-bond acceptors (Lipinski definition) is 6. The van der Waals surface area contributed by atoms with E-state index in [9.17, 15) is 14.9 Å². The molecule has 0 spiro atoms. The Morgan fingerprint density at radius 2 is 2.26 bits per heavy atom. The van der Waals surface area contributed by atoms with E-state index in [4.69, 9.17) is 10.4 Å². The van der Waals surface area contributed by atoms with Crippen molar-refractivity contribution in [3.63, 3.8) is 0 Å². The average Bonchev–Trinajstić information content (AvgIpc) is 2.85. The Labute approximate surface area is 105 Å². The number of nitro groups is 1. The zero-order chi connectivity index (χ0) is 14.0. The van der Waals surface area contributed by atoms with E-state index < -0.39 is 16.6 Å². The molecule has 2 rings (SSSR count). The van der Waals surface area contributed by atoms with Crippen LogP contribution >= 0.6 is 0 Å². The van der Waals surface area contributed by atoms with Gasteiger partial charge >= 0.3 is 11.7 Å². The fourth-order valence-corrected chi connectivity index (χ4v) is 1.44. The first kappa shape index (κ1) is 12.2. The summed E-state index contributed by atoms with van der Waals surface area (Å²) in [6.45, 7) is 0. The molecule has 19 heavy (non-hydrogen) atoms. The van der Waals surface area contributed by atoms with Gasteiger partial charge in [0.05, 0.1) is 10.5 Å². The topological polar surface area (TPSA) is 135 Å². The molecule has 0 saturated carbocycles. The first-order valence-electron chi connectivity index (χ1n) is 4.86. The van der Waals surface area contributed by atoms with Gasteiger partial charge in [0.15, 0.2) is 0 Å². The van der Waals surface area contributed by atoms with Gasteiger partial charge in [0.25, 0.3) is 0 Å². The predicted molar refractivity (Wildman–Crippen MR) is 59.7 cm³/mol. The summed E-state index contributed by atoms with van der Waals surface area (Å²) in [6, 6.07) is 2.63. The molecule has 1 N–H and O–H groups in total. The number of pyridine rings is 1. The van der Waals surface area contributed by atoms with Gasteiger partial charge < -0.3 is 5.11 Å². The summed E-state index contributed by atoms with van der Waals surface area (Å²) in [5.74, 6) is -1.57. The third-order valence-corrected chi connectivity index (χ3v) is 2.26. The van der Waals surface area contributed by atoms with Gasteiger partial charge in [-0.3, -0.25) is 14.7 Å². The largest absolute Gasteiger partial charge is 0.478 e. The number of nitriles is 1. The van der Waals surface area contributed by atoms with Crippen molar-refractivity contribution in [2.24, 2.45) is 0 Å². The first-order chi connectivity index (χ1) is 9.04. The third kappa shape index (κ3) is 2.09. The maximum atomic E-state index is 10.9. The van der Waals surface area contributed by atoms with Gasteiger partial charge in [0, 0.05) is 24.7 Å². The van der Waals surface area contributed by atoms with E-state index >= 15 is 0 Å². The molecule has 0 unspecified atom stereocenters. The lowest BCUT2D eigenvalue weighted by molar-refractivity contribution is -0.384. The smallest absolute Gasteiger partial charge is 0.337 e. The van der Waals surface area contributed by atoms with Crippen molar-refractivity contribution in [1.82, 2.24) is 14.5 Å². The highest BCUT2D eigenvalue weighted by atomic mass is 16.6. The number of rotatable bonds is 3. The molecule has 0 atom stereocenters. The normalized spacial score (nSPS) is 9.84. The van der Waals surface area contributed by atoms with E-state index in [-0.39, 0.29) is 17.2 Å². The number of hydrogen-bond donors (Lipinski definition) is 1. The molecule has 0 aromatic carbocycles. The van der Waals surface area contributed by atoms with Gasteiger partial charge in [-0.25, -0.2) is 14.8 Å². The van der Waals surface area contributed by atoms with Crippen LogP contribution in [-0.4, -0.2) is 30.5 Å². The van der Waals surface area contributed by atoms with Crippen molar-refractivity contribution < 1.29 is 14.8 Å². The summed E-state index contributed by atoms with van der Waals surface area (Å²) in [7, 11) is 0. The second-order valence-electron chi connectivity index (χ2n) is 3.36. The van der Waals surface area contributed by atoms with Crippen molar-refractivity contribution >= 4 is 11.7 Å². The van der Waals surface area contributed by atoms with Gasteiger partial charge in [-0.15, -0.1) is 0 Å². The second-order valence-corrected chi connectivity index (χ2v) is 3.36. The predicted octanol–water partition coefficient (Wildman–Crippen LogP) is 0.745. The van der Waals surface area contributed by atoms with Crippen LogP contribution in [0.2, 0.25) is 0 Å². The van der Waals surface area contributed by atoms with Crippen LogP contribution in [-0.2, 0) is 0 Å². The van der Waals surface area contributed by atoms with Crippen LogP contribution in [0.1, 0.15) is 16.2 Å². The van der Waals surface area contributed by atoms with Crippen LogP contribution in [0.15, 0.2) is 24.7 Å². The van der Waals surface area contributed by atoms with Crippen LogP contribution < -0.4 is 0 Å². The van der Waals surface area contributed by atoms with Crippen molar-refractivity contribution in [2.75, 3.05) is 0 Å². The van der Waals surface area contributed by atoms with Gasteiger partial charge in [0.2, 0.25) is 11.6 Å². The Balaban J connectivity index is 2.68. The summed E-state index contributed by atoms with van der Waals surface area (Å²) in [5, 5.41) is 28.5. The summed E-state index contributed by atoms with van der Waals surface area (Å²) >= 11 is 0. The summed E-state index contributed by atoms with van der Waals surface area (Å²) < 4.78 is 1.11. The molecule has 0 radical (unpaired) electrons. The van der Waals surface area contributed by atoms with E-state index in [1.807, 2.05) is 0 Å². The number of carbonyl (C=O) groups is 1. The molecule has 0 aliphatic carbocycles. The van der Waals surface area contributed by atoms with E-state index in [0.29, 0.717) is 0 Å². The highest BCUT2D eigenvalue weighted by Crippen LogP contribution is 2.22. The molecule has 0 fully saturated rings. The lowest BCUT2D eigenvalue weighted by atomic mass is 10.2. The fourth-order valence-electron chi connectivity index (χ4n) is 1.44. The number of aromatic carboxylic acids is 1. The monoisotopic (exact) mass is 259 g/mol. The van der Waals surface area contributed by atoms with Crippen LogP contribution in [0.25, 0.3) is 5.82 Å². The minimum absolute atomic E-state index is 0.0846. The van der Waals surface area contributed by atoms with Crippen LogP contribution in [0, 0.1) is 21.4 Å². The number of nitrogens with zero attached hydrogens (tertiary/aromatic N) is 5. The zero-order valence-corrected chi connectivity index (χ0v) is 9.22. The minimum Gasteiger partial charge on any atom is -0.478 e. The second kappa shape index (κ2) is 4.53. The number of aromatic nitrogens is 3.